The third-order valence-corrected chi connectivity index (χ3v) is 8.62. The van der Waals surface area contributed by atoms with E-state index in [4.69, 9.17) is 0 Å². The molecule has 1 unspecified atom stereocenters. The average molecular weight is 563 g/mol. The van der Waals surface area contributed by atoms with Crippen LogP contribution in [0, 0.1) is 0 Å². The van der Waals surface area contributed by atoms with Crippen LogP contribution in [0.25, 0.3) is 22.3 Å². The van der Waals surface area contributed by atoms with Gasteiger partial charge in [0.15, 0.2) is 5.82 Å². The van der Waals surface area contributed by atoms with Gasteiger partial charge in [0.25, 0.3) is 0 Å². The van der Waals surface area contributed by atoms with Crippen molar-refractivity contribution in [2.45, 2.75) is 81.6 Å². The molecule has 0 bridgehead atoms. The fraction of sp³-hybridized carbons (Fsp3) is 0.615. The van der Waals surface area contributed by atoms with Crippen LogP contribution >= 0.6 is 0 Å². The summed E-state index contributed by atoms with van der Waals surface area (Å²) in [5.41, 5.74) is -1.05. The number of fused-ring (bicyclic) bond motifs is 1. The van der Waals surface area contributed by atoms with Crippen LogP contribution in [0.2, 0.25) is 0 Å². The number of aromatic nitrogens is 5. The number of pyridine rings is 1. The van der Waals surface area contributed by atoms with Crippen LogP contribution in [0.3, 0.4) is 0 Å². The molecule has 4 aliphatic rings. The van der Waals surface area contributed by atoms with Crippen LogP contribution < -0.4 is 10.2 Å². The number of nitrogens with zero attached hydrogens (tertiary/aromatic N) is 6. The molecule has 0 radical (unpaired) electrons. The summed E-state index contributed by atoms with van der Waals surface area (Å²) in [7, 11) is 0. The van der Waals surface area contributed by atoms with E-state index in [9.17, 15) is 22.4 Å². The number of ether oxygens (including phenoxy) is 1. The first-order valence-electron chi connectivity index (χ1n) is 13.6. The minimum Gasteiger partial charge on any atom is -0.349 e. The topological polar surface area (TPSA) is 104 Å². The van der Waals surface area contributed by atoms with Gasteiger partial charge in [-0.25, -0.2) is 13.6 Å². The molecule has 2 amide bonds. The van der Waals surface area contributed by atoms with E-state index in [2.05, 4.69) is 30.3 Å². The quantitative estimate of drug-likeness (QED) is 0.407. The summed E-state index contributed by atoms with van der Waals surface area (Å²) in [5, 5.41) is 15.2. The van der Waals surface area contributed by atoms with Crippen molar-refractivity contribution in [1.29, 1.82) is 0 Å². The number of alkyl halides is 4. The molecule has 7 rings (SSSR count). The second-order valence-electron chi connectivity index (χ2n) is 11.9. The molecule has 214 valence electrons. The molecular formula is C26H30F4N8O2. The van der Waals surface area contributed by atoms with Crippen molar-refractivity contribution in [3.8, 4) is 11.4 Å². The standard InChI is InChI=1S/C26H30F4N8O2/c1-24(29)6-7-37(26(13-24)4-5-26)23(39)33-18-10-32-34-20(18)17-8-19-16(9-31-17)21(35-38(19)14-25(30)2-3-25)36-11-15(12-36)40-22(27)28/h8-10,15,22H,2-7,11-14H2,1H3,(H,32,34)(H,33,39). The van der Waals surface area contributed by atoms with Crippen LogP contribution in [-0.2, 0) is 11.3 Å². The van der Waals surface area contributed by atoms with E-state index >= 15 is 0 Å². The van der Waals surface area contributed by atoms with Crippen molar-refractivity contribution in [1.82, 2.24) is 29.9 Å². The monoisotopic (exact) mass is 562 g/mol. The zero-order valence-corrected chi connectivity index (χ0v) is 22.0. The lowest BCUT2D eigenvalue weighted by molar-refractivity contribution is -0.167. The lowest BCUT2D eigenvalue weighted by atomic mass is 9.88. The molecule has 3 aromatic rings. The van der Waals surface area contributed by atoms with Gasteiger partial charge < -0.3 is 19.9 Å². The number of likely N-dealkylation sites (tertiary alicyclic amines) is 1. The largest absolute Gasteiger partial charge is 0.349 e. The van der Waals surface area contributed by atoms with E-state index < -0.39 is 29.6 Å². The first-order valence-corrected chi connectivity index (χ1v) is 13.6. The van der Waals surface area contributed by atoms with Crippen LogP contribution in [0.1, 0.15) is 45.4 Å². The van der Waals surface area contributed by atoms with Gasteiger partial charge >= 0.3 is 12.6 Å². The number of rotatable bonds is 7. The fourth-order valence-corrected chi connectivity index (χ4v) is 6.07. The van der Waals surface area contributed by atoms with E-state index in [1.165, 1.54) is 6.20 Å². The zero-order valence-electron chi connectivity index (χ0n) is 22.0. The summed E-state index contributed by atoms with van der Waals surface area (Å²) in [6.07, 6.45) is 5.59. The highest BCUT2D eigenvalue weighted by Crippen LogP contribution is 2.52. The molecule has 0 aromatic carbocycles. The van der Waals surface area contributed by atoms with Gasteiger partial charge in [-0.3, -0.25) is 14.8 Å². The molecule has 10 nitrogen and oxygen atoms in total. The molecule has 2 N–H and O–H groups in total. The molecule has 40 heavy (non-hydrogen) atoms. The summed E-state index contributed by atoms with van der Waals surface area (Å²) in [4.78, 5) is 21.4. The Balaban J connectivity index is 1.15. The van der Waals surface area contributed by atoms with Gasteiger partial charge in [-0.15, -0.1) is 0 Å². The van der Waals surface area contributed by atoms with Crippen molar-refractivity contribution in [3.63, 3.8) is 0 Å². The lowest BCUT2D eigenvalue weighted by Gasteiger charge is -2.41. The molecule has 1 atom stereocenters. The van der Waals surface area contributed by atoms with Crippen molar-refractivity contribution in [2.24, 2.45) is 0 Å². The number of hydrogen-bond acceptors (Lipinski definition) is 6. The van der Waals surface area contributed by atoms with Crippen LogP contribution in [0.15, 0.2) is 18.5 Å². The number of anilines is 2. The van der Waals surface area contributed by atoms with E-state index in [-0.39, 0.29) is 32.1 Å². The molecular weight excluding hydrogens is 532 g/mol. The number of amides is 2. The Labute approximate surface area is 227 Å². The SMILES string of the molecule is CC1(F)CCN(C(=O)Nc2cn[nH]c2-c2cc3c(cn2)c(N2CC(OC(F)F)C2)nn3CC2(F)CC2)C2(CC2)C1. The Morgan fingerprint density at radius 3 is 2.67 bits per heavy atom. The summed E-state index contributed by atoms with van der Waals surface area (Å²) >= 11 is 0. The highest BCUT2D eigenvalue weighted by Gasteiger charge is 2.57. The van der Waals surface area contributed by atoms with Crippen molar-refractivity contribution in [2.75, 3.05) is 29.9 Å². The predicted molar refractivity (Wildman–Crippen MR) is 138 cm³/mol. The third-order valence-electron chi connectivity index (χ3n) is 8.62. The number of halogens is 4. The summed E-state index contributed by atoms with van der Waals surface area (Å²) < 4.78 is 60.8. The predicted octanol–water partition coefficient (Wildman–Crippen LogP) is 4.64. The maximum absolute atomic E-state index is 14.8. The van der Waals surface area contributed by atoms with E-state index in [1.807, 2.05) is 4.90 Å². The molecule has 2 saturated heterocycles. The smallest absolute Gasteiger partial charge is 0.345 e. The van der Waals surface area contributed by atoms with E-state index in [0.717, 1.165) is 12.8 Å². The normalized spacial score (nSPS) is 25.1. The number of nitrogens with one attached hydrogen (secondary N) is 2. The van der Waals surface area contributed by atoms with Crippen LogP contribution in [-0.4, -0.2) is 85.1 Å². The summed E-state index contributed by atoms with van der Waals surface area (Å²) in [5.74, 6) is 0.533. The van der Waals surface area contributed by atoms with E-state index in [1.54, 1.807) is 28.8 Å². The number of hydrogen-bond donors (Lipinski definition) is 2. The zero-order chi connectivity index (χ0) is 27.9. The number of H-pyrrole nitrogens is 1. The van der Waals surface area contributed by atoms with Crippen LogP contribution in [0.5, 0.6) is 0 Å². The van der Waals surface area contributed by atoms with Gasteiger partial charge in [0.1, 0.15) is 17.0 Å². The minimum atomic E-state index is -2.84. The molecule has 1 spiro atoms. The maximum Gasteiger partial charge on any atom is 0.345 e. The molecule has 5 heterocycles. The van der Waals surface area contributed by atoms with Crippen molar-refractivity contribution >= 4 is 28.4 Å². The number of piperidine rings is 1. The molecule has 2 aliphatic heterocycles. The highest BCUT2D eigenvalue weighted by molar-refractivity contribution is 5.96. The highest BCUT2D eigenvalue weighted by atomic mass is 19.3. The van der Waals surface area contributed by atoms with Gasteiger partial charge in [0.2, 0.25) is 0 Å². The molecule has 4 fully saturated rings. The number of aromatic amines is 1. The minimum absolute atomic E-state index is 0.0643. The average Bonchev–Trinajstić information content (AvgIpc) is 3.69. The Morgan fingerprint density at radius 1 is 1.20 bits per heavy atom. The molecule has 14 heteroatoms. The Bertz CT molecular complexity index is 1460. The lowest BCUT2D eigenvalue weighted by Crippen LogP contribution is -2.53. The fourth-order valence-electron chi connectivity index (χ4n) is 6.07. The van der Waals surface area contributed by atoms with Gasteiger partial charge in [-0.2, -0.15) is 19.0 Å². The maximum atomic E-state index is 14.8. The molecule has 2 saturated carbocycles. The molecule has 3 aromatic heterocycles. The Kier molecular flexibility index (Phi) is 5.61. The number of carbonyl (C=O) groups is 1. The molecule has 2 aliphatic carbocycles. The summed E-state index contributed by atoms with van der Waals surface area (Å²) in [6.45, 7) is -0.355. The number of urea groups is 1. The Morgan fingerprint density at radius 2 is 1.98 bits per heavy atom. The van der Waals surface area contributed by atoms with Crippen molar-refractivity contribution < 1.29 is 27.1 Å². The summed E-state index contributed by atoms with van der Waals surface area (Å²) in [6, 6.07) is 1.45. The second kappa shape index (κ2) is 8.79. The number of carbonyl (C=O) groups excluding carboxylic acids is 1. The second-order valence-corrected chi connectivity index (χ2v) is 11.9. The van der Waals surface area contributed by atoms with E-state index in [0.29, 0.717) is 59.6 Å². The van der Waals surface area contributed by atoms with Crippen LogP contribution in [0.4, 0.5) is 33.9 Å². The Hall–Kier alpha value is -3.42. The first-order chi connectivity index (χ1) is 19.0. The van der Waals surface area contributed by atoms with Gasteiger partial charge in [-0.1, -0.05) is 0 Å². The third kappa shape index (κ3) is 4.55. The van der Waals surface area contributed by atoms with Crippen molar-refractivity contribution in [3.05, 3.63) is 18.5 Å². The van der Waals surface area contributed by atoms with Gasteiger partial charge in [0.05, 0.1) is 41.1 Å². The van der Waals surface area contributed by atoms with Gasteiger partial charge in [0, 0.05) is 37.8 Å². The van der Waals surface area contributed by atoms with Gasteiger partial charge in [-0.05, 0) is 45.1 Å². The first kappa shape index (κ1) is 25.5.